The fraction of sp³-hybridized carbons (Fsp3) is 0.526. The van der Waals surface area contributed by atoms with Crippen LogP contribution in [0, 0.1) is 11.3 Å². The van der Waals surface area contributed by atoms with E-state index in [0.717, 1.165) is 50.5 Å². The largest absolute Gasteiger partial charge is 0.378 e. The zero-order chi connectivity index (χ0) is 18.5. The lowest BCUT2D eigenvalue weighted by Gasteiger charge is -2.28. The average molecular weight is 365 g/mol. The number of aromatic nitrogens is 4. The molecule has 0 aliphatic carbocycles. The van der Waals surface area contributed by atoms with E-state index in [9.17, 15) is 0 Å². The Morgan fingerprint density at radius 3 is 2.22 bits per heavy atom. The van der Waals surface area contributed by atoms with Crippen molar-refractivity contribution < 1.29 is 4.74 Å². The van der Waals surface area contributed by atoms with E-state index in [1.165, 1.54) is 12.8 Å². The van der Waals surface area contributed by atoms with E-state index >= 15 is 0 Å². The van der Waals surface area contributed by atoms with Gasteiger partial charge in [0.15, 0.2) is 5.82 Å². The maximum atomic E-state index is 9.16. The zero-order valence-electron chi connectivity index (χ0n) is 15.3. The Hall–Kier alpha value is -2.79. The molecule has 2 saturated heterocycles. The van der Waals surface area contributed by atoms with Gasteiger partial charge in [0.25, 0.3) is 0 Å². The number of pyridine rings is 1. The third-order valence-electron chi connectivity index (χ3n) is 4.93. The van der Waals surface area contributed by atoms with Gasteiger partial charge in [-0.2, -0.15) is 20.2 Å². The van der Waals surface area contributed by atoms with E-state index in [4.69, 9.17) is 25.0 Å². The van der Waals surface area contributed by atoms with Gasteiger partial charge in [0.05, 0.1) is 13.2 Å². The van der Waals surface area contributed by atoms with E-state index in [0.29, 0.717) is 30.7 Å². The smallest absolute Gasteiger partial charge is 0.230 e. The Kier molecular flexibility index (Phi) is 5.39. The van der Waals surface area contributed by atoms with E-state index in [2.05, 4.69) is 20.9 Å². The predicted molar refractivity (Wildman–Crippen MR) is 101 cm³/mol. The molecule has 0 atom stereocenters. The molecule has 2 aliphatic heterocycles. The van der Waals surface area contributed by atoms with Crippen LogP contribution >= 0.6 is 0 Å². The number of morpholine rings is 1. The standard InChI is InChI=1S/C19H23N7O/c20-14-16-13-15(5-6-21-16)17-22-18(25-7-3-1-2-4-8-25)24-19(23-17)26-9-11-27-12-10-26/h5-6,13H,1-4,7-12H2. The molecule has 0 radical (unpaired) electrons. The summed E-state index contributed by atoms with van der Waals surface area (Å²) in [5.41, 5.74) is 1.15. The van der Waals surface area contributed by atoms with Gasteiger partial charge in [-0.1, -0.05) is 12.8 Å². The molecular weight excluding hydrogens is 342 g/mol. The van der Waals surface area contributed by atoms with Crippen molar-refractivity contribution in [2.24, 2.45) is 0 Å². The number of hydrogen-bond donors (Lipinski definition) is 0. The van der Waals surface area contributed by atoms with Crippen LogP contribution in [0.2, 0.25) is 0 Å². The van der Waals surface area contributed by atoms with Crippen molar-refractivity contribution in [1.82, 2.24) is 19.9 Å². The minimum absolute atomic E-state index is 0.358. The molecule has 2 aromatic rings. The van der Waals surface area contributed by atoms with Crippen LogP contribution in [0.1, 0.15) is 31.4 Å². The zero-order valence-corrected chi connectivity index (χ0v) is 15.3. The molecule has 8 nitrogen and oxygen atoms in total. The molecule has 0 N–H and O–H groups in total. The van der Waals surface area contributed by atoms with Gasteiger partial charge in [-0.25, -0.2) is 4.98 Å². The highest BCUT2D eigenvalue weighted by atomic mass is 16.5. The Bertz CT molecular complexity index is 821. The van der Waals surface area contributed by atoms with Crippen molar-refractivity contribution in [2.75, 3.05) is 49.2 Å². The van der Waals surface area contributed by atoms with Crippen LogP contribution < -0.4 is 9.80 Å². The summed E-state index contributed by atoms with van der Waals surface area (Å²) in [7, 11) is 0. The number of nitrogens with zero attached hydrogens (tertiary/aromatic N) is 7. The number of nitriles is 1. The first-order valence-electron chi connectivity index (χ1n) is 9.54. The van der Waals surface area contributed by atoms with Crippen LogP contribution in [0.25, 0.3) is 11.4 Å². The van der Waals surface area contributed by atoms with E-state index in [-0.39, 0.29) is 0 Å². The predicted octanol–water partition coefficient (Wildman–Crippen LogP) is 2.02. The van der Waals surface area contributed by atoms with Gasteiger partial charge in [0.1, 0.15) is 11.8 Å². The Morgan fingerprint density at radius 2 is 1.56 bits per heavy atom. The molecule has 4 heterocycles. The molecule has 4 rings (SSSR count). The number of hydrogen-bond acceptors (Lipinski definition) is 8. The van der Waals surface area contributed by atoms with Crippen LogP contribution in [0.4, 0.5) is 11.9 Å². The molecule has 0 amide bonds. The summed E-state index contributed by atoms with van der Waals surface area (Å²) in [5.74, 6) is 1.99. The first-order chi connectivity index (χ1) is 13.3. The number of rotatable bonds is 3. The molecule has 140 valence electrons. The van der Waals surface area contributed by atoms with Gasteiger partial charge in [-0.05, 0) is 25.0 Å². The Balaban J connectivity index is 1.74. The summed E-state index contributed by atoms with van der Waals surface area (Å²) < 4.78 is 5.46. The highest BCUT2D eigenvalue weighted by Crippen LogP contribution is 2.24. The second-order valence-corrected chi connectivity index (χ2v) is 6.80. The monoisotopic (exact) mass is 365 g/mol. The maximum absolute atomic E-state index is 9.16. The van der Waals surface area contributed by atoms with Crippen LogP contribution in [0.3, 0.4) is 0 Å². The lowest BCUT2D eigenvalue weighted by atomic mass is 10.2. The SMILES string of the molecule is N#Cc1cc(-c2nc(N3CCCCCC3)nc(N3CCOCC3)n2)ccn1. The van der Waals surface area contributed by atoms with Crippen molar-refractivity contribution in [3.8, 4) is 17.5 Å². The molecule has 2 aromatic heterocycles. The Morgan fingerprint density at radius 1 is 0.889 bits per heavy atom. The van der Waals surface area contributed by atoms with Crippen molar-refractivity contribution >= 4 is 11.9 Å². The molecular formula is C19H23N7O. The van der Waals surface area contributed by atoms with E-state index in [1.807, 2.05) is 6.07 Å². The van der Waals surface area contributed by atoms with Crippen LogP contribution in [0.5, 0.6) is 0 Å². The van der Waals surface area contributed by atoms with Crippen molar-refractivity contribution in [2.45, 2.75) is 25.7 Å². The number of anilines is 2. The summed E-state index contributed by atoms with van der Waals surface area (Å²) >= 11 is 0. The molecule has 2 fully saturated rings. The van der Waals surface area contributed by atoms with E-state index < -0.39 is 0 Å². The first-order valence-corrected chi connectivity index (χ1v) is 9.54. The summed E-state index contributed by atoms with van der Waals surface area (Å²) in [5, 5.41) is 9.16. The highest BCUT2D eigenvalue weighted by Gasteiger charge is 2.20. The van der Waals surface area contributed by atoms with Gasteiger partial charge >= 0.3 is 0 Å². The maximum Gasteiger partial charge on any atom is 0.230 e. The molecule has 0 spiro atoms. The second kappa shape index (κ2) is 8.27. The molecule has 2 aliphatic rings. The Labute approximate surface area is 158 Å². The molecule has 27 heavy (non-hydrogen) atoms. The van der Waals surface area contributed by atoms with Crippen molar-refractivity contribution in [3.63, 3.8) is 0 Å². The summed E-state index contributed by atoms with van der Waals surface area (Å²) in [6.07, 6.45) is 6.43. The quantitative estimate of drug-likeness (QED) is 0.816. The van der Waals surface area contributed by atoms with E-state index in [1.54, 1.807) is 12.3 Å². The number of ether oxygens (including phenoxy) is 1. The van der Waals surface area contributed by atoms with Crippen LogP contribution in [-0.2, 0) is 4.74 Å². The van der Waals surface area contributed by atoms with Crippen molar-refractivity contribution in [3.05, 3.63) is 24.0 Å². The minimum Gasteiger partial charge on any atom is -0.378 e. The van der Waals surface area contributed by atoms with Gasteiger partial charge in [0.2, 0.25) is 11.9 Å². The fourth-order valence-corrected chi connectivity index (χ4v) is 3.43. The topological polar surface area (TPSA) is 91.1 Å². The average Bonchev–Trinajstić information content (AvgIpc) is 3.04. The lowest BCUT2D eigenvalue weighted by molar-refractivity contribution is 0.122. The van der Waals surface area contributed by atoms with Crippen molar-refractivity contribution in [1.29, 1.82) is 5.26 Å². The third-order valence-corrected chi connectivity index (χ3v) is 4.93. The van der Waals surface area contributed by atoms with Crippen LogP contribution in [0.15, 0.2) is 18.3 Å². The summed E-state index contributed by atoms with van der Waals surface area (Å²) in [4.78, 5) is 22.7. The minimum atomic E-state index is 0.358. The molecule has 0 unspecified atom stereocenters. The van der Waals surface area contributed by atoms with Gasteiger partial charge in [-0.15, -0.1) is 0 Å². The third kappa shape index (κ3) is 4.14. The lowest BCUT2D eigenvalue weighted by Crippen LogP contribution is -2.38. The summed E-state index contributed by atoms with van der Waals surface area (Å²) in [6.45, 7) is 4.81. The van der Waals surface area contributed by atoms with Gasteiger partial charge in [0, 0.05) is 37.9 Å². The fourth-order valence-electron chi connectivity index (χ4n) is 3.43. The summed E-state index contributed by atoms with van der Waals surface area (Å²) in [6, 6.07) is 5.65. The van der Waals surface area contributed by atoms with Crippen LogP contribution in [-0.4, -0.2) is 59.3 Å². The molecule has 8 heteroatoms. The highest BCUT2D eigenvalue weighted by molar-refractivity contribution is 5.59. The molecule has 0 saturated carbocycles. The molecule has 0 bridgehead atoms. The van der Waals surface area contributed by atoms with Gasteiger partial charge in [-0.3, -0.25) is 0 Å². The van der Waals surface area contributed by atoms with Gasteiger partial charge < -0.3 is 14.5 Å². The molecule has 0 aromatic carbocycles. The normalized spacial score (nSPS) is 18.0. The first kappa shape index (κ1) is 17.6. The second-order valence-electron chi connectivity index (χ2n) is 6.80.